The molecule has 0 saturated carbocycles. The number of anilines is 2. The molecule has 22 heavy (non-hydrogen) atoms. The monoisotopic (exact) mass is 319 g/mol. The van der Waals surface area contributed by atoms with E-state index in [4.69, 9.17) is 0 Å². The number of thioether (sulfide) groups is 1. The molecule has 0 spiro atoms. The first-order valence-corrected chi connectivity index (χ1v) is 8.19. The molecule has 1 aromatic carbocycles. The number of nitrogens with zero attached hydrogens (tertiary/aromatic N) is 3. The third-order valence-corrected chi connectivity index (χ3v) is 3.71. The first-order chi connectivity index (χ1) is 10.6. The molecule has 1 aromatic heterocycles. The maximum Gasteiger partial charge on any atom is 0.324 e. The zero-order chi connectivity index (χ0) is 15.9. The predicted octanol–water partition coefficient (Wildman–Crippen LogP) is 2.81. The first kappa shape index (κ1) is 16.4. The van der Waals surface area contributed by atoms with Gasteiger partial charge in [0.1, 0.15) is 0 Å². The van der Waals surface area contributed by atoms with Gasteiger partial charge in [0, 0.05) is 29.4 Å². The van der Waals surface area contributed by atoms with Gasteiger partial charge in [-0.05, 0) is 38.6 Å². The van der Waals surface area contributed by atoms with Gasteiger partial charge in [-0.1, -0.05) is 6.07 Å². The summed E-state index contributed by atoms with van der Waals surface area (Å²) in [6.45, 7) is 1.68. The lowest BCUT2D eigenvalue weighted by Gasteiger charge is -2.09. The van der Waals surface area contributed by atoms with Crippen LogP contribution in [0.4, 0.5) is 16.3 Å². The van der Waals surface area contributed by atoms with Crippen LogP contribution in [0.25, 0.3) is 0 Å². The Balaban J connectivity index is 1.88. The summed E-state index contributed by atoms with van der Waals surface area (Å²) in [6.07, 6.45) is 3.85. The molecular formula is C15H21N5OS. The van der Waals surface area contributed by atoms with Gasteiger partial charge in [0.2, 0.25) is 0 Å². The van der Waals surface area contributed by atoms with E-state index in [1.54, 1.807) is 17.8 Å². The predicted molar refractivity (Wildman–Crippen MR) is 91.6 cm³/mol. The van der Waals surface area contributed by atoms with E-state index < -0.39 is 0 Å². The highest BCUT2D eigenvalue weighted by atomic mass is 32.2. The highest BCUT2D eigenvalue weighted by molar-refractivity contribution is 7.98. The molecule has 1 heterocycles. The van der Waals surface area contributed by atoms with Crippen molar-refractivity contribution in [3.63, 3.8) is 0 Å². The molecule has 0 radical (unpaired) electrons. The van der Waals surface area contributed by atoms with Crippen LogP contribution in [0.5, 0.6) is 0 Å². The van der Waals surface area contributed by atoms with Crippen molar-refractivity contribution >= 4 is 29.3 Å². The van der Waals surface area contributed by atoms with Crippen LogP contribution in [0.1, 0.15) is 0 Å². The Kier molecular flexibility index (Phi) is 5.85. The van der Waals surface area contributed by atoms with Gasteiger partial charge in [0.15, 0.2) is 5.82 Å². The molecule has 2 rings (SSSR count). The highest BCUT2D eigenvalue weighted by Gasteiger charge is 2.06. The van der Waals surface area contributed by atoms with Crippen LogP contribution in [0.2, 0.25) is 0 Å². The maximum atomic E-state index is 12.0. The summed E-state index contributed by atoms with van der Waals surface area (Å²) in [4.78, 5) is 15.2. The minimum absolute atomic E-state index is 0.295. The molecule has 0 fully saturated rings. The van der Waals surface area contributed by atoms with Crippen LogP contribution in [0.15, 0.2) is 41.4 Å². The van der Waals surface area contributed by atoms with Crippen LogP contribution in [-0.4, -0.2) is 47.6 Å². The first-order valence-electron chi connectivity index (χ1n) is 6.97. The van der Waals surface area contributed by atoms with Crippen LogP contribution < -0.4 is 10.6 Å². The number of carbonyl (C=O) groups is 1. The average molecular weight is 319 g/mol. The van der Waals surface area contributed by atoms with Gasteiger partial charge in [-0.15, -0.1) is 11.8 Å². The molecule has 7 heteroatoms. The Morgan fingerprint density at radius 3 is 2.86 bits per heavy atom. The van der Waals surface area contributed by atoms with Crippen LogP contribution in [0.3, 0.4) is 0 Å². The summed E-state index contributed by atoms with van der Waals surface area (Å²) in [7, 11) is 4.03. The van der Waals surface area contributed by atoms with E-state index in [-0.39, 0.29) is 6.03 Å². The quantitative estimate of drug-likeness (QED) is 0.804. The fraction of sp³-hybridized carbons (Fsp3) is 0.333. The lowest BCUT2D eigenvalue weighted by Crippen LogP contribution is -2.21. The van der Waals surface area contributed by atoms with E-state index in [9.17, 15) is 4.79 Å². The lowest BCUT2D eigenvalue weighted by atomic mass is 10.3. The number of carbonyl (C=O) groups excluding carboxylic acids is 1. The second kappa shape index (κ2) is 7.86. The van der Waals surface area contributed by atoms with Gasteiger partial charge in [-0.2, -0.15) is 5.10 Å². The number of benzene rings is 1. The Morgan fingerprint density at radius 2 is 2.14 bits per heavy atom. The van der Waals surface area contributed by atoms with E-state index in [0.717, 1.165) is 23.7 Å². The van der Waals surface area contributed by atoms with Gasteiger partial charge in [-0.25, -0.2) is 4.79 Å². The number of nitrogens with one attached hydrogen (secondary N) is 2. The summed E-state index contributed by atoms with van der Waals surface area (Å²) in [6, 6.07) is 9.19. The number of rotatable bonds is 6. The van der Waals surface area contributed by atoms with Crippen LogP contribution in [0, 0.1) is 0 Å². The molecule has 0 aliphatic rings. The standard InChI is InChI=1S/C15H21N5OS/c1-19(2)9-10-20-8-7-14(18-20)17-15(21)16-12-5-4-6-13(11-12)22-3/h4-8,11H,9-10H2,1-3H3,(H2,16,17,18,21). The minimum atomic E-state index is -0.295. The zero-order valence-corrected chi connectivity index (χ0v) is 13.9. The number of hydrogen-bond donors (Lipinski definition) is 2. The van der Waals surface area contributed by atoms with E-state index in [1.807, 2.05) is 55.5 Å². The second-order valence-electron chi connectivity index (χ2n) is 5.08. The normalized spacial score (nSPS) is 10.7. The smallest absolute Gasteiger partial charge is 0.308 e. The van der Waals surface area contributed by atoms with Crippen molar-refractivity contribution in [3.8, 4) is 0 Å². The van der Waals surface area contributed by atoms with E-state index in [0.29, 0.717) is 5.82 Å². The Labute approximate surface area is 134 Å². The Morgan fingerprint density at radius 1 is 1.32 bits per heavy atom. The summed E-state index contributed by atoms with van der Waals surface area (Å²) in [5, 5.41) is 9.85. The molecule has 118 valence electrons. The van der Waals surface area contributed by atoms with Gasteiger partial charge in [0.05, 0.1) is 6.54 Å². The second-order valence-corrected chi connectivity index (χ2v) is 5.96. The van der Waals surface area contributed by atoms with Crippen molar-refractivity contribution in [1.82, 2.24) is 14.7 Å². The Bertz CT molecular complexity index is 626. The summed E-state index contributed by atoms with van der Waals surface area (Å²) in [5.74, 6) is 0.539. The van der Waals surface area contributed by atoms with Crippen LogP contribution >= 0.6 is 11.8 Å². The topological polar surface area (TPSA) is 62.2 Å². The molecule has 0 aliphatic carbocycles. The fourth-order valence-electron chi connectivity index (χ4n) is 1.83. The summed E-state index contributed by atoms with van der Waals surface area (Å²) in [5.41, 5.74) is 0.761. The van der Waals surface area contributed by atoms with Gasteiger partial charge < -0.3 is 10.2 Å². The van der Waals surface area contributed by atoms with Crippen molar-refractivity contribution in [3.05, 3.63) is 36.5 Å². The Hall–Kier alpha value is -1.99. The maximum absolute atomic E-state index is 12.0. The third kappa shape index (κ3) is 5.09. The van der Waals surface area contributed by atoms with Gasteiger partial charge >= 0.3 is 6.03 Å². The van der Waals surface area contributed by atoms with Crippen molar-refractivity contribution in [1.29, 1.82) is 0 Å². The number of hydrogen-bond acceptors (Lipinski definition) is 4. The number of amides is 2. The highest BCUT2D eigenvalue weighted by Crippen LogP contribution is 2.19. The zero-order valence-electron chi connectivity index (χ0n) is 13.0. The molecule has 0 bridgehead atoms. The van der Waals surface area contributed by atoms with Crippen molar-refractivity contribution < 1.29 is 4.79 Å². The molecule has 2 aromatic rings. The average Bonchev–Trinajstić information content (AvgIpc) is 2.92. The number of likely N-dealkylation sites (N-methyl/N-ethyl adjacent to an activating group) is 1. The van der Waals surface area contributed by atoms with E-state index in [1.165, 1.54) is 0 Å². The largest absolute Gasteiger partial charge is 0.324 e. The number of urea groups is 1. The SMILES string of the molecule is CSc1cccc(NC(=O)Nc2ccn(CCN(C)C)n2)c1. The third-order valence-electron chi connectivity index (χ3n) is 2.99. The van der Waals surface area contributed by atoms with Crippen molar-refractivity contribution in [2.45, 2.75) is 11.4 Å². The molecular weight excluding hydrogens is 298 g/mol. The van der Waals surface area contributed by atoms with Gasteiger partial charge in [-0.3, -0.25) is 10.00 Å². The van der Waals surface area contributed by atoms with E-state index >= 15 is 0 Å². The molecule has 2 amide bonds. The van der Waals surface area contributed by atoms with Crippen LogP contribution in [-0.2, 0) is 6.54 Å². The molecule has 0 atom stereocenters. The minimum Gasteiger partial charge on any atom is -0.308 e. The molecule has 0 saturated heterocycles. The summed E-state index contributed by atoms with van der Waals surface area (Å²) >= 11 is 1.63. The molecule has 6 nitrogen and oxygen atoms in total. The lowest BCUT2D eigenvalue weighted by molar-refractivity contribution is 0.262. The van der Waals surface area contributed by atoms with E-state index in [2.05, 4.69) is 20.6 Å². The number of aromatic nitrogens is 2. The molecule has 0 aliphatic heterocycles. The van der Waals surface area contributed by atoms with Crippen molar-refractivity contribution in [2.24, 2.45) is 0 Å². The summed E-state index contributed by atoms with van der Waals surface area (Å²) < 4.78 is 1.81. The molecule has 2 N–H and O–H groups in total. The molecule has 0 unspecified atom stereocenters. The fourth-order valence-corrected chi connectivity index (χ4v) is 2.29. The van der Waals surface area contributed by atoms with Crippen molar-refractivity contribution in [2.75, 3.05) is 37.5 Å². The van der Waals surface area contributed by atoms with Gasteiger partial charge in [0.25, 0.3) is 0 Å².